The first kappa shape index (κ1) is 14.0. The molecule has 0 aromatic heterocycles. The fourth-order valence-electron chi connectivity index (χ4n) is 2.75. The molecule has 1 N–H and O–H groups in total. The van der Waals surface area contributed by atoms with E-state index in [1.54, 1.807) is 0 Å². The number of hydrogen-bond donors (Lipinski definition) is 1. The summed E-state index contributed by atoms with van der Waals surface area (Å²) in [6, 6.07) is 4.48. The summed E-state index contributed by atoms with van der Waals surface area (Å²) in [7, 11) is 1.99. The molecule has 0 heterocycles. The van der Waals surface area contributed by atoms with E-state index in [1.165, 1.54) is 37.5 Å². The molecule has 0 saturated heterocycles. The average molecular weight is 265 g/mol. The van der Waals surface area contributed by atoms with Gasteiger partial charge in [0.2, 0.25) is 0 Å². The molecule has 0 radical (unpaired) electrons. The Morgan fingerprint density at radius 2 is 2.05 bits per heavy atom. The van der Waals surface area contributed by atoms with E-state index in [0.29, 0.717) is 18.2 Å². The summed E-state index contributed by atoms with van der Waals surface area (Å²) in [6.07, 6.45) is 6.04. The Morgan fingerprint density at radius 1 is 1.37 bits per heavy atom. The first-order valence-electron chi connectivity index (χ1n) is 6.80. The maximum atomic E-state index is 13.7. The van der Waals surface area contributed by atoms with Crippen molar-refractivity contribution in [3.8, 4) is 0 Å². The van der Waals surface area contributed by atoms with Gasteiger partial charge in [-0.1, -0.05) is 19.3 Å². The molecule has 0 aliphatic heterocycles. The van der Waals surface area contributed by atoms with Crippen molar-refractivity contribution in [1.82, 2.24) is 4.90 Å². The van der Waals surface area contributed by atoms with Crippen LogP contribution in [-0.4, -0.2) is 29.1 Å². The molecular formula is C15H20FNO2. The molecule has 1 aliphatic rings. The number of aromatic carboxylic acids is 1. The largest absolute Gasteiger partial charge is 0.478 e. The quantitative estimate of drug-likeness (QED) is 0.908. The van der Waals surface area contributed by atoms with Crippen LogP contribution in [0.1, 0.15) is 48.0 Å². The van der Waals surface area contributed by atoms with Crippen molar-refractivity contribution in [3.63, 3.8) is 0 Å². The lowest BCUT2D eigenvalue weighted by molar-refractivity contribution is 0.0696. The number of benzene rings is 1. The fraction of sp³-hybridized carbons (Fsp3) is 0.533. The molecule has 0 bridgehead atoms. The zero-order chi connectivity index (χ0) is 13.8. The number of carbonyl (C=O) groups is 1. The number of rotatable bonds is 4. The zero-order valence-corrected chi connectivity index (χ0v) is 11.2. The van der Waals surface area contributed by atoms with Crippen LogP contribution < -0.4 is 0 Å². The minimum atomic E-state index is -1.01. The van der Waals surface area contributed by atoms with E-state index in [1.807, 2.05) is 7.05 Å². The van der Waals surface area contributed by atoms with E-state index >= 15 is 0 Å². The van der Waals surface area contributed by atoms with Crippen LogP contribution in [0.25, 0.3) is 0 Å². The molecule has 0 spiro atoms. The van der Waals surface area contributed by atoms with E-state index in [9.17, 15) is 9.18 Å². The third kappa shape index (κ3) is 3.53. The van der Waals surface area contributed by atoms with Gasteiger partial charge in [0.05, 0.1) is 5.56 Å². The number of carboxylic acid groups (broad SMARTS) is 1. The Hall–Kier alpha value is -1.42. The third-order valence-corrected chi connectivity index (χ3v) is 3.91. The van der Waals surface area contributed by atoms with Gasteiger partial charge in [0.1, 0.15) is 5.82 Å². The van der Waals surface area contributed by atoms with E-state index < -0.39 is 5.97 Å². The molecule has 1 fully saturated rings. The van der Waals surface area contributed by atoms with Crippen LogP contribution in [0.15, 0.2) is 18.2 Å². The predicted molar refractivity (Wildman–Crippen MR) is 71.7 cm³/mol. The second kappa shape index (κ2) is 6.15. The van der Waals surface area contributed by atoms with Gasteiger partial charge in [0.25, 0.3) is 0 Å². The minimum absolute atomic E-state index is 0.147. The van der Waals surface area contributed by atoms with Crippen LogP contribution >= 0.6 is 0 Å². The Kier molecular flexibility index (Phi) is 4.53. The molecule has 2 rings (SSSR count). The van der Waals surface area contributed by atoms with E-state index in [-0.39, 0.29) is 11.4 Å². The highest BCUT2D eigenvalue weighted by Crippen LogP contribution is 2.23. The second-order valence-corrected chi connectivity index (χ2v) is 5.32. The number of carboxylic acids is 1. The van der Waals surface area contributed by atoms with Gasteiger partial charge in [-0.05, 0) is 38.1 Å². The van der Waals surface area contributed by atoms with Crippen molar-refractivity contribution < 1.29 is 14.3 Å². The highest BCUT2D eigenvalue weighted by molar-refractivity contribution is 5.87. The smallest absolute Gasteiger partial charge is 0.335 e. The van der Waals surface area contributed by atoms with Crippen molar-refractivity contribution >= 4 is 5.97 Å². The van der Waals surface area contributed by atoms with Gasteiger partial charge in [0, 0.05) is 18.2 Å². The SMILES string of the molecule is CN(Cc1cc(C(=O)O)ccc1F)C1CCCCC1. The topological polar surface area (TPSA) is 40.5 Å². The van der Waals surface area contributed by atoms with Crippen LogP contribution in [-0.2, 0) is 6.54 Å². The summed E-state index contributed by atoms with van der Waals surface area (Å²) in [5.74, 6) is -1.34. The van der Waals surface area contributed by atoms with Gasteiger partial charge in [-0.3, -0.25) is 4.90 Å². The summed E-state index contributed by atoms with van der Waals surface area (Å²) in [4.78, 5) is 13.1. The van der Waals surface area contributed by atoms with Gasteiger partial charge >= 0.3 is 5.97 Å². The lowest BCUT2D eigenvalue weighted by Gasteiger charge is -2.31. The molecule has 1 aromatic rings. The van der Waals surface area contributed by atoms with Crippen molar-refractivity contribution in [1.29, 1.82) is 0 Å². The number of nitrogens with zero attached hydrogens (tertiary/aromatic N) is 1. The van der Waals surface area contributed by atoms with Gasteiger partial charge in [-0.2, -0.15) is 0 Å². The van der Waals surface area contributed by atoms with Crippen molar-refractivity contribution in [2.45, 2.75) is 44.7 Å². The monoisotopic (exact) mass is 265 g/mol. The van der Waals surface area contributed by atoms with Crippen LogP contribution in [0.5, 0.6) is 0 Å². The molecule has 0 unspecified atom stereocenters. The molecular weight excluding hydrogens is 245 g/mol. The molecule has 0 amide bonds. The lowest BCUT2D eigenvalue weighted by atomic mass is 9.94. The molecule has 4 heteroatoms. The zero-order valence-electron chi connectivity index (χ0n) is 11.2. The Labute approximate surface area is 113 Å². The molecule has 1 aromatic carbocycles. The van der Waals surface area contributed by atoms with Gasteiger partial charge in [0.15, 0.2) is 0 Å². The number of halogens is 1. The predicted octanol–water partition coefficient (Wildman–Crippen LogP) is 3.29. The molecule has 1 aliphatic carbocycles. The van der Waals surface area contributed by atoms with Crippen molar-refractivity contribution in [2.75, 3.05) is 7.05 Å². The molecule has 104 valence electrons. The number of hydrogen-bond acceptors (Lipinski definition) is 2. The second-order valence-electron chi connectivity index (χ2n) is 5.32. The summed E-state index contributed by atoms with van der Waals surface area (Å²) in [5, 5.41) is 8.95. The first-order valence-corrected chi connectivity index (χ1v) is 6.80. The summed E-state index contributed by atoms with van der Waals surface area (Å²) in [6.45, 7) is 0.470. The maximum Gasteiger partial charge on any atom is 0.335 e. The van der Waals surface area contributed by atoms with Crippen LogP contribution in [0, 0.1) is 5.82 Å². The average Bonchev–Trinajstić information content (AvgIpc) is 2.42. The normalized spacial score (nSPS) is 16.8. The highest BCUT2D eigenvalue weighted by Gasteiger charge is 2.19. The van der Waals surface area contributed by atoms with Gasteiger partial charge < -0.3 is 5.11 Å². The standard InChI is InChI=1S/C15H20FNO2/c1-17(13-5-3-2-4-6-13)10-12-9-11(15(18)19)7-8-14(12)16/h7-9,13H,2-6,10H2,1H3,(H,18,19). The highest BCUT2D eigenvalue weighted by atomic mass is 19.1. The van der Waals surface area contributed by atoms with Crippen LogP contribution in [0.4, 0.5) is 4.39 Å². The summed E-state index contributed by atoms with van der Waals surface area (Å²) < 4.78 is 13.7. The Balaban J connectivity index is 2.08. The van der Waals surface area contributed by atoms with Gasteiger partial charge in [-0.15, -0.1) is 0 Å². The van der Waals surface area contributed by atoms with E-state index in [0.717, 1.165) is 12.8 Å². The molecule has 3 nitrogen and oxygen atoms in total. The lowest BCUT2D eigenvalue weighted by Crippen LogP contribution is -2.33. The molecule has 1 saturated carbocycles. The first-order chi connectivity index (χ1) is 9.08. The Morgan fingerprint density at radius 3 is 2.68 bits per heavy atom. The van der Waals surface area contributed by atoms with Crippen LogP contribution in [0.3, 0.4) is 0 Å². The van der Waals surface area contributed by atoms with Crippen molar-refractivity contribution in [3.05, 3.63) is 35.1 Å². The molecule has 19 heavy (non-hydrogen) atoms. The Bertz CT molecular complexity index is 455. The van der Waals surface area contributed by atoms with Gasteiger partial charge in [-0.25, -0.2) is 9.18 Å². The van der Waals surface area contributed by atoms with Crippen molar-refractivity contribution in [2.24, 2.45) is 0 Å². The van der Waals surface area contributed by atoms with E-state index in [4.69, 9.17) is 5.11 Å². The minimum Gasteiger partial charge on any atom is -0.478 e. The summed E-state index contributed by atoms with van der Waals surface area (Å²) >= 11 is 0. The molecule has 0 atom stereocenters. The van der Waals surface area contributed by atoms with E-state index in [2.05, 4.69) is 4.90 Å². The fourth-order valence-corrected chi connectivity index (χ4v) is 2.75. The maximum absolute atomic E-state index is 13.7. The van der Waals surface area contributed by atoms with Crippen LogP contribution in [0.2, 0.25) is 0 Å². The third-order valence-electron chi connectivity index (χ3n) is 3.91. The summed E-state index contributed by atoms with van der Waals surface area (Å²) in [5.41, 5.74) is 0.612.